The van der Waals surface area contributed by atoms with Gasteiger partial charge in [0.15, 0.2) is 0 Å². The average Bonchev–Trinajstić information content (AvgIpc) is 2.03. The van der Waals surface area contributed by atoms with Gasteiger partial charge in [0, 0.05) is 0 Å². The number of hydrogen-bond acceptors (Lipinski definition) is 1. The molecule has 0 aliphatic heterocycles. The second-order valence-corrected chi connectivity index (χ2v) is 3.07. The summed E-state index contributed by atoms with van der Waals surface area (Å²) < 4.78 is 0. The van der Waals surface area contributed by atoms with Gasteiger partial charge < -0.3 is 0 Å². The molecular formula is C11H13N. The Morgan fingerprint density at radius 1 is 1.25 bits per heavy atom. The molecule has 62 valence electrons. The van der Waals surface area contributed by atoms with Gasteiger partial charge in [-0.1, -0.05) is 19.1 Å². The summed E-state index contributed by atoms with van der Waals surface area (Å²) in [6, 6.07) is 6.39. The summed E-state index contributed by atoms with van der Waals surface area (Å²) in [6.45, 7) is 6.11. The molecule has 0 saturated heterocycles. The number of hydrogen-bond donors (Lipinski definition) is 0. The first-order valence-electron chi connectivity index (χ1n) is 4.19. The first kappa shape index (κ1) is 8.80. The molecule has 0 bridgehead atoms. The molecule has 0 spiro atoms. The molecule has 0 amide bonds. The van der Waals surface area contributed by atoms with Crippen molar-refractivity contribution < 1.29 is 0 Å². The molecule has 1 aromatic carbocycles. The fraction of sp³-hybridized carbons (Fsp3) is 0.364. The van der Waals surface area contributed by atoms with Crippen LogP contribution in [0.5, 0.6) is 0 Å². The standard InChI is InChI=1S/C11H13N/c1-4-10-5-8(2)11(7-12)9(3)6-10/h5-6H,4H2,1-3H3. The van der Waals surface area contributed by atoms with Crippen molar-refractivity contribution in [2.24, 2.45) is 0 Å². The maximum atomic E-state index is 8.81. The third kappa shape index (κ3) is 1.48. The van der Waals surface area contributed by atoms with E-state index in [1.807, 2.05) is 13.8 Å². The fourth-order valence-electron chi connectivity index (χ4n) is 1.43. The number of nitriles is 1. The second kappa shape index (κ2) is 3.40. The zero-order valence-electron chi connectivity index (χ0n) is 7.81. The Morgan fingerprint density at radius 3 is 2.08 bits per heavy atom. The van der Waals surface area contributed by atoms with E-state index in [1.165, 1.54) is 5.56 Å². The van der Waals surface area contributed by atoms with E-state index in [-0.39, 0.29) is 0 Å². The minimum absolute atomic E-state index is 0.826. The highest BCUT2D eigenvalue weighted by Gasteiger charge is 2.02. The van der Waals surface area contributed by atoms with Gasteiger partial charge in [-0.25, -0.2) is 0 Å². The number of rotatable bonds is 1. The molecule has 0 aliphatic carbocycles. The lowest BCUT2D eigenvalue weighted by Crippen LogP contribution is -1.91. The maximum absolute atomic E-state index is 8.81. The van der Waals surface area contributed by atoms with Crippen LogP contribution in [0, 0.1) is 25.2 Å². The van der Waals surface area contributed by atoms with Gasteiger partial charge in [0.25, 0.3) is 0 Å². The van der Waals surface area contributed by atoms with Crippen LogP contribution >= 0.6 is 0 Å². The first-order valence-corrected chi connectivity index (χ1v) is 4.19. The van der Waals surface area contributed by atoms with Crippen molar-refractivity contribution in [3.05, 3.63) is 34.4 Å². The molecule has 0 aromatic heterocycles. The molecule has 0 fully saturated rings. The highest BCUT2D eigenvalue weighted by atomic mass is 14.2. The molecule has 0 saturated carbocycles. The van der Waals surface area contributed by atoms with Crippen LogP contribution in [0.1, 0.15) is 29.2 Å². The molecule has 12 heavy (non-hydrogen) atoms. The molecule has 0 heterocycles. The minimum Gasteiger partial charge on any atom is -0.192 e. The van der Waals surface area contributed by atoms with Gasteiger partial charge >= 0.3 is 0 Å². The number of benzene rings is 1. The Hall–Kier alpha value is -1.29. The van der Waals surface area contributed by atoms with Gasteiger partial charge in [0.05, 0.1) is 11.6 Å². The molecule has 1 aromatic rings. The lowest BCUT2D eigenvalue weighted by atomic mass is 9.99. The Balaban J connectivity index is 3.30. The van der Waals surface area contributed by atoms with Crippen molar-refractivity contribution in [1.29, 1.82) is 5.26 Å². The Labute approximate surface area is 73.6 Å². The topological polar surface area (TPSA) is 23.8 Å². The third-order valence-corrected chi connectivity index (χ3v) is 2.11. The summed E-state index contributed by atoms with van der Waals surface area (Å²) in [6.07, 6.45) is 1.04. The predicted molar refractivity (Wildman–Crippen MR) is 50.0 cm³/mol. The molecule has 1 rings (SSSR count). The monoisotopic (exact) mass is 159 g/mol. The lowest BCUT2D eigenvalue weighted by Gasteiger charge is -2.04. The van der Waals surface area contributed by atoms with Crippen LogP contribution in [-0.4, -0.2) is 0 Å². The van der Waals surface area contributed by atoms with Crippen LogP contribution in [0.15, 0.2) is 12.1 Å². The molecule has 0 radical (unpaired) electrons. The van der Waals surface area contributed by atoms with E-state index >= 15 is 0 Å². The van der Waals surface area contributed by atoms with Gasteiger partial charge in [-0.3, -0.25) is 0 Å². The summed E-state index contributed by atoms with van der Waals surface area (Å²) in [4.78, 5) is 0. The maximum Gasteiger partial charge on any atom is 0.0997 e. The largest absolute Gasteiger partial charge is 0.192 e. The van der Waals surface area contributed by atoms with Crippen molar-refractivity contribution in [3.63, 3.8) is 0 Å². The summed E-state index contributed by atoms with van der Waals surface area (Å²) in [5, 5.41) is 8.81. The molecule has 0 atom stereocenters. The van der Waals surface area contributed by atoms with E-state index < -0.39 is 0 Å². The fourth-order valence-corrected chi connectivity index (χ4v) is 1.43. The number of aryl methyl sites for hydroxylation is 3. The van der Waals surface area contributed by atoms with Crippen LogP contribution in [0.3, 0.4) is 0 Å². The highest BCUT2D eigenvalue weighted by molar-refractivity contribution is 5.45. The number of nitrogens with zero attached hydrogens (tertiary/aromatic N) is 1. The Bertz CT molecular complexity index is 308. The van der Waals surface area contributed by atoms with Gasteiger partial charge in [0.2, 0.25) is 0 Å². The van der Waals surface area contributed by atoms with Gasteiger partial charge in [-0.05, 0) is 37.0 Å². The van der Waals surface area contributed by atoms with Gasteiger partial charge in [-0.15, -0.1) is 0 Å². The van der Waals surface area contributed by atoms with Crippen molar-refractivity contribution in [1.82, 2.24) is 0 Å². The molecule has 1 heteroatoms. The predicted octanol–water partition coefficient (Wildman–Crippen LogP) is 2.74. The van der Waals surface area contributed by atoms with Crippen LogP contribution in [-0.2, 0) is 6.42 Å². The summed E-state index contributed by atoms with van der Waals surface area (Å²) >= 11 is 0. The Kier molecular flexibility index (Phi) is 2.50. The lowest BCUT2D eigenvalue weighted by molar-refractivity contribution is 1.12. The quantitative estimate of drug-likeness (QED) is 0.618. The van der Waals surface area contributed by atoms with Crippen molar-refractivity contribution in [3.8, 4) is 6.07 Å². The molecule has 0 unspecified atom stereocenters. The van der Waals surface area contributed by atoms with Gasteiger partial charge in [-0.2, -0.15) is 5.26 Å². The van der Waals surface area contributed by atoms with Crippen molar-refractivity contribution in [2.45, 2.75) is 27.2 Å². The smallest absolute Gasteiger partial charge is 0.0997 e. The first-order chi connectivity index (χ1) is 5.69. The summed E-state index contributed by atoms with van der Waals surface area (Å²) in [5.41, 5.74) is 4.32. The van der Waals surface area contributed by atoms with Crippen molar-refractivity contribution in [2.75, 3.05) is 0 Å². The van der Waals surface area contributed by atoms with E-state index in [0.717, 1.165) is 23.1 Å². The molecular weight excluding hydrogens is 146 g/mol. The summed E-state index contributed by atoms with van der Waals surface area (Å²) in [5.74, 6) is 0. The Morgan fingerprint density at radius 2 is 1.75 bits per heavy atom. The van der Waals surface area contributed by atoms with E-state index in [2.05, 4.69) is 25.1 Å². The molecule has 0 aliphatic rings. The molecule has 0 N–H and O–H groups in total. The van der Waals surface area contributed by atoms with Crippen LogP contribution < -0.4 is 0 Å². The third-order valence-electron chi connectivity index (χ3n) is 2.11. The minimum atomic E-state index is 0.826. The average molecular weight is 159 g/mol. The zero-order valence-corrected chi connectivity index (χ0v) is 7.81. The van der Waals surface area contributed by atoms with E-state index in [1.54, 1.807) is 0 Å². The molecule has 1 nitrogen and oxygen atoms in total. The van der Waals surface area contributed by atoms with Crippen molar-refractivity contribution >= 4 is 0 Å². The van der Waals surface area contributed by atoms with Crippen LogP contribution in [0.2, 0.25) is 0 Å². The van der Waals surface area contributed by atoms with Crippen LogP contribution in [0.4, 0.5) is 0 Å². The summed E-state index contributed by atoms with van der Waals surface area (Å²) in [7, 11) is 0. The SMILES string of the molecule is CCc1cc(C)c(C#N)c(C)c1. The van der Waals surface area contributed by atoms with E-state index in [0.29, 0.717) is 0 Å². The van der Waals surface area contributed by atoms with Crippen LogP contribution in [0.25, 0.3) is 0 Å². The van der Waals surface area contributed by atoms with Gasteiger partial charge in [0.1, 0.15) is 0 Å². The normalized spacial score (nSPS) is 9.50. The highest BCUT2D eigenvalue weighted by Crippen LogP contribution is 2.15. The zero-order chi connectivity index (χ0) is 9.14. The van der Waals surface area contributed by atoms with E-state index in [9.17, 15) is 0 Å². The second-order valence-electron chi connectivity index (χ2n) is 3.07. The van der Waals surface area contributed by atoms with E-state index in [4.69, 9.17) is 5.26 Å².